The molecular formula is C12H27NO. The molecule has 0 rings (SSSR count). The molecular weight excluding hydrogens is 174 g/mol. The first-order valence-electron chi connectivity index (χ1n) is 5.69. The summed E-state index contributed by atoms with van der Waals surface area (Å²) in [5.74, 6) is 0.876. The van der Waals surface area contributed by atoms with Crippen molar-refractivity contribution >= 4 is 5.78 Å². The molecule has 0 unspecified atom stereocenters. The van der Waals surface area contributed by atoms with Crippen LogP contribution in [0.5, 0.6) is 0 Å². The Hall–Kier alpha value is -0.370. The van der Waals surface area contributed by atoms with Crippen LogP contribution in [0.2, 0.25) is 0 Å². The maximum atomic E-state index is 11.2. The van der Waals surface area contributed by atoms with Gasteiger partial charge in [0, 0.05) is 0 Å². The standard InChI is InChI=1S/C10H21NO.C2H6/c1-6-11(5)10(9(4)12)7-8(2)3;1-2/h8,10H,6-7H2,1-5H3;1-2H3/t10-;/m0./s1. The van der Waals surface area contributed by atoms with E-state index in [9.17, 15) is 4.79 Å². The predicted octanol–water partition coefficient (Wildman–Crippen LogP) is 2.97. The molecule has 0 amide bonds. The number of hydrogen-bond acceptors (Lipinski definition) is 2. The fourth-order valence-electron chi connectivity index (χ4n) is 1.32. The lowest BCUT2D eigenvalue weighted by Gasteiger charge is -2.25. The van der Waals surface area contributed by atoms with Crippen molar-refractivity contribution in [1.29, 1.82) is 0 Å². The highest BCUT2D eigenvalue weighted by molar-refractivity contribution is 5.81. The Kier molecular flexibility index (Phi) is 10.6. The fraction of sp³-hybridized carbons (Fsp3) is 0.917. The Labute approximate surface area is 89.7 Å². The quantitative estimate of drug-likeness (QED) is 0.681. The molecule has 1 atom stereocenters. The molecule has 0 aromatic rings. The second-order valence-corrected chi connectivity index (χ2v) is 3.83. The van der Waals surface area contributed by atoms with E-state index in [4.69, 9.17) is 0 Å². The molecule has 0 saturated carbocycles. The van der Waals surface area contributed by atoms with Crippen LogP contribution in [0.15, 0.2) is 0 Å². The summed E-state index contributed by atoms with van der Waals surface area (Å²) in [5, 5.41) is 0. The number of ketones is 1. The molecule has 0 N–H and O–H groups in total. The minimum atomic E-state index is 0.120. The van der Waals surface area contributed by atoms with Gasteiger partial charge in [0.25, 0.3) is 0 Å². The van der Waals surface area contributed by atoms with Crippen molar-refractivity contribution in [2.75, 3.05) is 13.6 Å². The Morgan fingerprint density at radius 2 is 1.71 bits per heavy atom. The molecule has 0 fully saturated rings. The van der Waals surface area contributed by atoms with Crippen LogP contribution >= 0.6 is 0 Å². The summed E-state index contributed by atoms with van der Waals surface area (Å²) in [4.78, 5) is 13.4. The molecule has 0 aliphatic carbocycles. The van der Waals surface area contributed by atoms with Gasteiger partial charge in [0.2, 0.25) is 0 Å². The molecule has 0 spiro atoms. The zero-order valence-corrected chi connectivity index (χ0v) is 10.9. The van der Waals surface area contributed by atoms with Crippen LogP contribution in [0.1, 0.15) is 48.0 Å². The molecule has 0 aliphatic heterocycles. The maximum Gasteiger partial charge on any atom is 0.146 e. The molecule has 0 saturated heterocycles. The van der Waals surface area contributed by atoms with Crippen molar-refractivity contribution in [2.45, 2.75) is 54.0 Å². The van der Waals surface area contributed by atoms with Crippen LogP contribution in [-0.2, 0) is 4.79 Å². The number of carbonyl (C=O) groups is 1. The second-order valence-electron chi connectivity index (χ2n) is 3.83. The van der Waals surface area contributed by atoms with Gasteiger partial charge in [-0.3, -0.25) is 9.69 Å². The smallest absolute Gasteiger partial charge is 0.146 e. The first-order chi connectivity index (χ1) is 6.49. The van der Waals surface area contributed by atoms with E-state index >= 15 is 0 Å². The topological polar surface area (TPSA) is 20.3 Å². The van der Waals surface area contributed by atoms with Gasteiger partial charge >= 0.3 is 0 Å². The van der Waals surface area contributed by atoms with Gasteiger partial charge < -0.3 is 0 Å². The lowest BCUT2D eigenvalue weighted by molar-refractivity contribution is -0.122. The van der Waals surface area contributed by atoms with Gasteiger partial charge in [-0.25, -0.2) is 0 Å². The zero-order chi connectivity index (χ0) is 11.7. The van der Waals surface area contributed by atoms with Gasteiger partial charge in [-0.15, -0.1) is 0 Å². The molecule has 2 heteroatoms. The van der Waals surface area contributed by atoms with E-state index in [0.29, 0.717) is 5.92 Å². The Morgan fingerprint density at radius 1 is 1.29 bits per heavy atom. The van der Waals surface area contributed by atoms with E-state index in [0.717, 1.165) is 13.0 Å². The average molecular weight is 201 g/mol. The Balaban J connectivity index is 0. The zero-order valence-electron chi connectivity index (χ0n) is 10.9. The van der Waals surface area contributed by atoms with Crippen LogP contribution in [0.25, 0.3) is 0 Å². The summed E-state index contributed by atoms with van der Waals surface area (Å²) in [6, 6.07) is 0.120. The van der Waals surface area contributed by atoms with E-state index in [2.05, 4.69) is 25.7 Å². The van der Waals surface area contributed by atoms with E-state index < -0.39 is 0 Å². The molecule has 0 heterocycles. The van der Waals surface area contributed by atoms with Crippen LogP contribution in [0, 0.1) is 5.92 Å². The van der Waals surface area contributed by atoms with Gasteiger partial charge in [0.05, 0.1) is 6.04 Å². The van der Waals surface area contributed by atoms with Gasteiger partial charge in [-0.1, -0.05) is 34.6 Å². The largest absolute Gasteiger partial charge is 0.298 e. The van der Waals surface area contributed by atoms with Crippen LogP contribution in [0.3, 0.4) is 0 Å². The highest BCUT2D eigenvalue weighted by atomic mass is 16.1. The minimum Gasteiger partial charge on any atom is -0.298 e. The average Bonchev–Trinajstić information content (AvgIpc) is 2.15. The highest BCUT2D eigenvalue weighted by Crippen LogP contribution is 2.10. The number of hydrogen-bond donors (Lipinski definition) is 0. The monoisotopic (exact) mass is 201 g/mol. The predicted molar refractivity (Wildman–Crippen MR) is 63.6 cm³/mol. The summed E-state index contributed by atoms with van der Waals surface area (Å²) in [6.07, 6.45) is 0.972. The van der Waals surface area contributed by atoms with E-state index in [1.807, 2.05) is 20.9 Å². The lowest BCUT2D eigenvalue weighted by Crippen LogP contribution is -2.38. The van der Waals surface area contributed by atoms with E-state index in [1.54, 1.807) is 6.92 Å². The lowest BCUT2D eigenvalue weighted by atomic mass is 10.00. The van der Waals surface area contributed by atoms with E-state index in [1.165, 1.54) is 0 Å². The summed E-state index contributed by atoms with van der Waals surface area (Å²) >= 11 is 0. The molecule has 0 radical (unpaired) electrons. The Morgan fingerprint density at radius 3 is 1.93 bits per heavy atom. The molecule has 0 aromatic carbocycles. The van der Waals surface area contributed by atoms with Gasteiger partial charge in [-0.2, -0.15) is 0 Å². The second kappa shape index (κ2) is 9.20. The first-order valence-corrected chi connectivity index (χ1v) is 5.69. The molecule has 2 nitrogen and oxygen atoms in total. The third-order valence-corrected chi connectivity index (χ3v) is 2.19. The number of likely N-dealkylation sites (N-methyl/N-ethyl adjacent to an activating group) is 1. The number of carbonyl (C=O) groups excluding carboxylic acids is 1. The number of Topliss-reactive ketones (excluding diaryl/α,β-unsaturated/α-hetero) is 1. The normalized spacial score (nSPS) is 12.4. The number of nitrogens with zero attached hydrogens (tertiary/aromatic N) is 1. The molecule has 0 aliphatic rings. The van der Waals surface area contributed by atoms with Gasteiger partial charge in [0.15, 0.2) is 0 Å². The third-order valence-electron chi connectivity index (χ3n) is 2.19. The summed E-state index contributed by atoms with van der Waals surface area (Å²) in [7, 11) is 2.01. The van der Waals surface area contributed by atoms with Crippen LogP contribution in [0.4, 0.5) is 0 Å². The van der Waals surface area contributed by atoms with Crippen molar-refractivity contribution in [2.24, 2.45) is 5.92 Å². The minimum absolute atomic E-state index is 0.120. The SMILES string of the molecule is CC.CCN(C)[C@@H](CC(C)C)C(C)=O. The molecule has 14 heavy (non-hydrogen) atoms. The third kappa shape index (κ3) is 7.07. The summed E-state index contributed by atoms with van der Waals surface area (Å²) in [5.41, 5.74) is 0. The van der Waals surface area contributed by atoms with Crippen molar-refractivity contribution in [1.82, 2.24) is 4.90 Å². The summed E-state index contributed by atoms with van der Waals surface area (Å²) < 4.78 is 0. The fourth-order valence-corrected chi connectivity index (χ4v) is 1.32. The Bertz CT molecular complexity index is 143. The maximum absolute atomic E-state index is 11.2. The van der Waals surface area contributed by atoms with Crippen molar-refractivity contribution < 1.29 is 4.79 Å². The molecule has 0 aromatic heterocycles. The molecule has 86 valence electrons. The molecule has 0 bridgehead atoms. The number of rotatable bonds is 5. The van der Waals surface area contributed by atoms with Crippen molar-refractivity contribution in [3.05, 3.63) is 0 Å². The van der Waals surface area contributed by atoms with Gasteiger partial charge in [0.1, 0.15) is 5.78 Å². The van der Waals surface area contributed by atoms with Gasteiger partial charge in [-0.05, 0) is 32.9 Å². The van der Waals surface area contributed by atoms with Crippen molar-refractivity contribution in [3.8, 4) is 0 Å². The van der Waals surface area contributed by atoms with Crippen LogP contribution < -0.4 is 0 Å². The summed E-state index contributed by atoms with van der Waals surface area (Å²) in [6.45, 7) is 13.0. The first kappa shape index (κ1) is 16.1. The van der Waals surface area contributed by atoms with Crippen molar-refractivity contribution in [3.63, 3.8) is 0 Å². The highest BCUT2D eigenvalue weighted by Gasteiger charge is 2.18. The van der Waals surface area contributed by atoms with Crippen LogP contribution in [-0.4, -0.2) is 30.3 Å². The van der Waals surface area contributed by atoms with E-state index in [-0.39, 0.29) is 11.8 Å².